The average molecular weight is 340 g/mol. The highest BCUT2D eigenvalue weighted by molar-refractivity contribution is 5.76. The predicted molar refractivity (Wildman–Crippen MR) is 98.7 cm³/mol. The molecule has 134 valence electrons. The van der Waals surface area contributed by atoms with Gasteiger partial charge in [-0.3, -0.25) is 4.79 Å². The number of carbonyl (C=O) groups is 1. The van der Waals surface area contributed by atoms with E-state index in [-0.39, 0.29) is 0 Å². The molecule has 0 bridgehead atoms. The Bertz CT molecular complexity index is 693. The van der Waals surface area contributed by atoms with Crippen LogP contribution < -0.4 is 0 Å². The molecule has 0 aliphatic carbocycles. The number of rotatable bonds is 7. The second kappa shape index (κ2) is 8.28. The fourth-order valence-corrected chi connectivity index (χ4v) is 3.31. The summed E-state index contributed by atoms with van der Waals surface area (Å²) in [5, 5.41) is 4.73. The van der Waals surface area contributed by atoms with E-state index in [2.05, 4.69) is 26.0 Å². The Hall–Kier alpha value is -2.17. The molecule has 1 aromatic carbocycles. The van der Waals surface area contributed by atoms with Crippen molar-refractivity contribution in [2.24, 2.45) is 5.92 Å². The number of carbonyl (C=O) groups excluding carboxylic acids is 1. The Balaban J connectivity index is 1.70. The van der Waals surface area contributed by atoms with Crippen molar-refractivity contribution in [1.29, 1.82) is 0 Å². The van der Waals surface area contributed by atoms with Gasteiger partial charge in [-0.1, -0.05) is 32.0 Å². The Kier molecular flexibility index (Phi) is 5.84. The molecule has 0 unspecified atom stereocenters. The maximum Gasteiger partial charge on any atom is 0.222 e. The van der Waals surface area contributed by atoms with Gasteiger partial charge in [0.15, 0.2) is 5.82 Å². The molecule has 0 atom stereocenters. The van der Waals surface area contributed by atoms with E-state index in [1.807, 2.05) is 27.8 Å². The van der Waals surface area contributed by atoms with E-state index in [9.17, 15) is 4.79 Å². The van der Waals surface area contributed by atoms with Gasteiger partial charge in [0, 0.05) is 32.4 Å². The van der Waals surface area contributed by atoms with E-state index in [1.54, 1.807) is 0 Å². The lowest BCUT2D eigenvalue weighted by Crippen LogP contribution is -2.36. The van der Waals surface area contributed by atoms with Crippen molar-refractivity contribution in [3.63, 3.8) is 0 Å². The monoisotopic (exact) mass is 340 g/mol. The zero-order valence-corrected chi connectivity index (χ0v) is 15.3. The Morgan fingerprint density at radius 2 is 1.96 bits per heavy atom. The molecule has 2 aromatic rings. The lowest BCUT2D eigenvalue weighted by molar-refractivity contribution is -0.133. The minimum atomic E-state index is 0.302. The maximum absolute atomic E-state index is 11.9. The third-order valence-electron chi connectivity index (χ3n) is 4.56. The van der Waals surface area contributed by atoms with Gasteiger partial charge < -0.3 is 4.90 Å². The van der Waals surface area contributed by atoms with Gasteiger partial charge in [0.25, 0.3) is 0 Å². The number of amides is 1. The first-order valence-corrected chi connectivity index (χ1v) is 9.41. The largest absolute Gasteiger partial charge is 0.343 e. The number of hydrogen-bond acceptors (Lipinski definition) is 3. The van der Waals surface area contributed by atoms with E-state index in [0.717, 1.165) is 62.5 Å². The van der Waals surface area contributed by atoms with Crippen molar-refractivity contribution in [2.75, 3.05) is 13.1 Å². The van der Waals surface area contributed by atoms with Crippen LogP contribution in [0, 0.1) is 5.92 Å². The van der Waals surface area contributed by atoms with Crippen LogP contribution >= 0.6 is 0 Å². The molecule has 2 heterocycles. The lowest BCUT2D eigenvalue weighted by Gasteiger charge is -2.26. The highest BCUT2D eigenvalue weighted by atomic mass is 16.2. The smallest absolute Gasteiger partial charge is 0.222 e. The molecule has 1 amide bonds. The number of hydrogen-bond donors (Lipinski definition) is 0. The van der Waals surface area contributed by atoms with E-state index in [0.29, 0.717) is 18.2 Å². The van der Waals surface area contributed by atoms with Gasteiger partial charge in [0.05, 0.1) is 5.69 Å². The summed E-state index contributed by atoms with van der Waals surface area (Å²) in [6.45, 7) is 6.10. The average Bonchev–Trinajstić information content (AvgIpc) is 2.99. The number of piperidine rings is 1. The zero-order valence-electron chi connectivity index (χ0n) is 15.3. The van der Waals surface area contributed by atoms with Gasteiger partial charge in [-0.25, -0.2) is 9.67 Å². The topological polar surface area (TPSA) is 51.0 Å². The summed E-state index contributed by atoms with van der Waals surface area (Å²) in [5.41, 5.74) is 1.05. The van der Waals surface area contributed by atoms with Crippen LogP contribution in [0.4, 0.5) is 0 Å². The van der Waals surface area contributed by atoms with Gasteiger partial charge in [0.2, 0.25) is 5.91 Å². The number of likely N-dealkylation sites (tertiary alicyclic amines) is 1. The number of benzene rings is 1. The quantitative estimate of drug-likeness (QED) is 0.776. The maximum atomic E-state index is 11.9. The molecule has 1 saturated heterocycles. The molecular formula is C20H28N4O. The first-order chi connectivity index (χ1) is 12.1. The van der Waals surface area contributed by atoms with Crippen LogP contribution in [0.1, 0.15) is 51.2 Å². The molecule has 0 radical (unpaired) electrons. The molecular weight excluding hydrogens is 312 g/mol. The SMILES string of the molecule is CC(C)Cc1nc(CCCN2CCCCC2=O)n(-c2ccccc2)n1. The standard InChI is InChI=1S/C20H28N4O/c1-16(2)15-18-21-19(24(22-18)17-9-4-3-5-10-17)11-8-14-23-13-7-6-12-20(23)25/h3-5,9-10,16H,6-8,11-15H2,1-2H3. The van der Waals surface area contributed by atoms with E-state index < -0.39 is 0 Å². The summed E-state index contributed by atoms with van der Waals surface area (Å²) in [5.74, 6) is 2.73. The van der Waals surface area contributed by atoms with E-state index >= 15 is 0 Å². The van der Waals surface area contributed by atoms with Gasteiger partial charge in [-0.05, 0) is 37.3 Å². The Morgan fingerprint density at radius 3 is 2.68 bits per heavy atom. The summed E-state index contributed by atoms with van der Waals surface area (Å²) < 4.78 is 1.97. The summed E-state index contributed by atoms with van der Waals surface area (Å²) in [7, 11) is 0. The minimum Gasteiger partial charge on any atom is -0.343 e. The second-order valence-electron chi connectivity index (χ2n) is 7.23. The van der Waals surface area contributed by atoms with Crippen molar-refractivity contribution in [3.05, 3.63) is 42.0 Å². The van der Waals surface area contributed by atoms with Crippen LogP contribution in [-0.4, -0.2) is 38.7 Å². The fraction of sp³-hybridized carbons (Fsp3) is 0.550. The van der Waals surface area contributed by atoms with Gasteiger partial charge in [-0.15, -0.1) is 0 Å². The van der Waals surface area contributed by atoms with Gasteiger partial charge in [0.1, 0.15) is 5.82 Å². The highest BCUT2D eigenvalue weighted by Gasteiger charge is 2.18. The lowest BCUT2D eigenvalue weighted by atomic mass is 10.1. The summed E-state index contributed by atoms with van der Waals surface area (Å²) in [6.07, 6.45) is 5.53. The third-order valence-corrected chi connectivity index (χ3v) is 4.56. The highest BCUT2D eigenvalue weighted by Crippen LogP contribution is 2.15. The molecule has 1 aliphatic heterocycles. The first kappa shape index (κ1) is 17.6. The van der Waals surface area contributed by atoms with Crippen LogP contribution in [0.25, 0.3) is 5.69 Å². The normalized spacial score (nSPS) is 15.2. The van der Waals surface area contributed by atoms with Crippen molar-refractivity contribution in [2.45, 2.75) is 52.4 Å². The van der Waals surface area contributed by atoms with E-state index in [4.69, 9.17) is 10.1 Å². The molecule has 5 nitrogen and oxygen atoms in total. The zero-order chi connectivity index (χ0) is 17.6. The molecule has 3 rings (SSSR count). The van der Waals surface area contributed by atoms with Crippen molar-refractivity contribution in [3.8, 4) is 5.69 Å². The molecule has 0 spiro atoms. The van der Waals surface area contributed by atoms with Crippen LogP contribution in [-0.2, 0) is 17.6 Å². The molecule has 0 saturated carbocycles. The summed E-state index contributed by atoms with van der Waals surface area (Å²) >= 11 is 0. The van der Waals surface area contributed by atoms with Crippen molar-refractivity contribution < 1.29 is 4.79 Å². The van der Waals surface area contributed by atoms with Crippen molar-refractivity contribution >= 4 is 5.91 Å². The molecule has 25 heavy (non-hydrogen) atoms. The second-order valence-corrected chi connectivity index (χ2v) is 7.23. The third kappa shape index (κ3) is 4.68. The summed E-state index contributed by atoms with van der Waals surface area (Å²) in [4.78, 5) is 18.7. The number of nitrogens with zero attached hydrogens (tertiary/aromatic N) is 4. The van der Waals surface area contributed by atoms with Crippen LogP contribution in [0.5, 0.6) is 0 Å². The summed E-state index contributed by atoms with van der Waals surface area (Å²) in [6, 6.07) is 10.2. The fourth-order valence-electron chi connectivity index (χ4n) is 3.31. The Morgan fingerprint density at radius 1 is 1.16 bits per heavy atom. The number of para-hydroxylation sites is 1. The minimum absolute atomic E-state index is 0.302. The van der Waals surface area contributed by atoms with Crippen LogP contribution in [0.15, 0.2) is 30.3 Å². The Labute approximate surface area is 150 Å². The molecule has 1 fully saturated rings. The van der Waals surface area contributed by atoms with Gasteiger partial charge >= 0.3 is 0 Å². The first-order valence-electron chi connectivity index (χ1n) is 9.41. The van der Waals surface area contributed by atoms with Crippen molar-refractivity contribution in [1.82, 2.24) is 19.7 Å². The molecule has 5 heteroatoms. The predicted octanol–water partition coefficient (Wildman–Crippen LogP) is 3.41. The molecule has 1 aliphatic rings. The number of aryl methyl sites for hydroxylation is 1. The van der Waals surface area contributed by atoms with Gasteiger partial charge in [-0.2, -0.15) is 5.10 Å². The number of aromatic nitrogens is 3. The molecule has 0 N–H and O–H groups in total. The van der Waals surface area contributed by atoms with E-state index in [1.165, 1.54) is 0 Å². The van der Waals surface area contributed by atoms with Crippen LogP contribution in [0.3, 0.4) is 0 Å². The molecule has 1 aromatic heterocycles. The van der Waals surface area contributed by atoms with Crippen LogP contribution in [0.2, 0.25) is 0 Å².